The monoisotopic (exact) mass is 312 g/mol. The molecule has 10 heteroatoms. The highest BCUT2D eigenvalue weighted by Crippen LogP contribution is 2.15. The highest BCUT2D eigenvalue weighted by molar-refractivity contribution is 7.09. The molecule has 0 saturated heterocycles. The number of carbonyl (C=O) groups is 3. The molecule has 1 rings (SSSR count). The summed E-state index contributed by atoms with van der Waals surface area (Å²) in [6, 6.07) is -1.34. The topological polar surface area (TPSA) is 153 Å². The van der Waals surface area contributed by atoms with Crippen LogP contribution < -0.4 is 5.32 Å². The van der Waals surface area contributed by atoms with Crippen molar-refractivity contribution < 1.29 is 29.4 Å². The van der Waals surface area contributed by atoms with Crippen LogP contribution in [0.15, 0.2) is 11.6 Å². The second-order valence-corrected chi connectivity index (χ2v) is 4.85. The summed E-state index contributed by atoms with van der Waals surface area (Å²) in [5.74, 6) is -2.84. The van der Waals surface area contributed by atoms with Gasteiger partial charge in [-0.25, -0.2) is 9.78 Å². The number of carbonyl (C=O) groups excluding carboxylic acids is 2. The molecule has 0 fully saturated rings. The first-order chi connectivity index (χ1) is 9.95. The second-order valence-electron chi connectivity index (χ2n) is 3.92. The van der Waals surface area contributed by atoms with Gasteiger partial charge >= 0.3 is 12.2 Å². The van der Waals surface area contributed by atoms with Crippen molar-refractivity contribution in [2.24, 2.45) is 0 Å². The minimum Gasteiger partial charge on any atom is -0.480 e. The molecule has 2 unspecified atom stereocenters. The molecular formula is C11H12N4O5S. The Bertz CT molecular complexity index is 567. The van der Waals surface area contributed by atoms with Gasteiger partial charge in [-0.15, -0.1) is 11.3 Å². The molecule has 2 atom stereocenters. The molecule has 1 heterocycles. The van der Waals surface area contributed by atoms with Gasteiger partial charge in [0, 0.05) is 18.0 Å². The number of hydrogen-bond acceptors (Lipinski definition) is 6. The molecule has 1 amide bonds. The van der Waals surface area contributed by atoms with Gasteiger partial charge in [0.1, 0.15) is 11.0 Å². The Morgan fingerprint density at radius 3 is 2.76 bits per heavy atom. The van der Waals surface area contributed by atoms with Crippen LogP contribution >= 0.6 is 11.3 Å². The Balaban J connectivity index is 2.61. The van der Waals surface area contributed by atoms with Crippen molar-refractivity contribution in [3.8, 4) is 0 Å². The van der Waals surface area contributed by atoms with E-state index in [-0.39, 0.29) is 17.8 Å². The lowest BCUT2D eigenvalue weighted by atomic mass is 10.1. The smallest absolute Gasteiger partial charge is 0.326 e. The number of rotatable bonds is 8. The molecule has 21 heavy (non-hydrogen) atoms. The van der Waals surface area contributed by atoms with E-state index in [1.54, 1.807) is 5.38 Å². The van der Waals surface area contributed by atoms with Crippen molar-refractivity contribution >= 4 is 35.2 Å². The van der Waals surface area contributed by atoms with Crippen LogP contribution in [-0.4, -0.2) is 49.9 Å². The number of aliphatic hydroxyl groups is 1. The highest BCUT2D eigenvalue weighted by Gasteiger charge is 2.26. The molecule has 1 aromatic heterocycles. The SMILES string of the molecule is [N-]=[N+]=CC(=O)CCC(NC(=O)C(O)c1nccs1)C(=O)O. The first kappa shape index (κ1) is 16.6. The van der Waals surface area contributed by atoms with Gasteiger partial charge < -0.3 is 21.1 Å². The van der Waals surface area contributed by atoms with Gasteiger partial charge in [0.2, 0.25) is 5.78 Å². The average Bonchev–Trinajstić information content (AvgIpc) is 2.96. The van der Waals surface area contributed by atoms with Gasteiger partial charge in [0.15, 0.2) is 6.10 Å². The van der Waals surface area contributed by atoms with Crippen LogP contribution in [-0.2, 0) is 14.4 Å². The molecule has 0 radical (unpaired) electrons. The second kappa shape index (κ2) is 8.00. The minimum absolute atomic E-state index is 0.139. The molecule has 9 nitrogen and oxygen atoms in total. The number of nitrogens with one attached hydrogen (secondary N) is 1. The van der Waals surface area contributed by atoms with E-state index in [4.69, 9.17) is 10.6 Å². The number of amides is 1. The van der Waals surface area contributed by atoms with Gasteiger partial charge in [-0.1, -0.05) is 0 Å². The van der Waals surface area contributed by atoms with Crippen molar-refractivity contribution in [1.29, 1.82) is 0 Å². The fourth-order valence-corrected chi connectivity index (χ4v) is 2.02. The lowest BCUT2D eigenvalue weighted by Gasteiger charge is -2.15. The van der Waals surface area contributed by atoms with Crippen molar-refractivity contribution in [3.63, 3.8) is 0 Å². The van der Waals surface area contributed by atoms with Gasteiger partial charge in [-0.3, -0.25) is 9.59 Å². The van der Waals surface area contributed by atoms with Crippen molar-refractivity contribution in [2.45, 2.75) is 25.0 Å². The maximum atomic E-state index is 11.7. The lowest BCUT2D eigenvalue weighted by molar-refractivity contribution is -0.143. The quantitative estimate of drug-likeness (QED) is 0.331. The third-order valence-corrected chi connectivity index (χ3v) is 3.26. The number of carboxylic acid groups (broad SMARTS) is 1. The van der Waals surface area contributed by atoms with Gasteiger partial charge in [0.25, 0.3) is 5.91 Å². The number of nitrogens with zero attached hydrogens (tertiary/aromatic N) is 3. The van der Waals surface area contributed by atoms with Gasteiger partial charge in [-0.05, 0) is 6.42 Å². The van der Waals surface area contributed by atoms with Crippen LogP contribution in [0.1, 0.15) is 24.0 Å². The summed E-state index contributed by atoms with van der Waals surface area (Å²) in [5.41, 5.74) is 8.16. The van der Waals surface area contributed by atoms with Crippen LogP contribution in [0.5, 0.6) is 0 Å². The Morgan fingerprint density at radius 1 is 1.52 bits per heavy atom. The Labute approximate surface area is 122 Å². The fourth-order valence-electron chi connectivity index (χ4n) is 1.41. The van der Waals surface area contributed by atoms with Gasteiger partial charge in [0.05, 0.1) is 0 Å². The maximum absolute atomic E-state index is 11.7. The first-order valence-electron chi connectivity index (χ1n) is 5.76. The molecule has 0 spiro atoms. The Hall–Kier alpha value is -2.42. The maximum Gasteiger partial charge on any atom is 0.326 e. The number of carboxylic acids is 1. The van der Waals surface area contributed by atoms with E-state index in [2.05, 4.69) is 15.1 Å². The van der Waals surface area contributed by atoms with E-state index < -0.39 is 29.8 Å². The number of thiazole rings is 1. The van der Waals surface area contributed by atoms with Crippen LogP contribution in [0.2, 0.25) is 0 Å². The van der Waals surface area contributed by atoms with Crippen LogP contribution in [0.3, 0.4) is 0 Å². The summed E-state index contributed by atoms with van der Waals surface area (Å²) in [7, 11) is 0. The number of Topliss-reactive ketones (excluding diaryl/α,β-unsaturated/α-hetero) is 1. The highest BCUT2D eigenvalue weighted by atomic mass is 32.1. The van der Waals surface area contributed by atoms with Crippen molar-refractivity contribution in [2.75, 3.05) is 0 Å². The number of aromatic nitrogens is 1. The molecule has 0 aliphatic rings. The number of ketones is 1. The zero-order valence-corrected chi connectivity index (χ0v) is 11.5. The molecule has 0 aliphatic carbocycles. The molecule has 0 saturated carbocycles. The third kappa shape index (κ3) is 5.22. The number of aliphatic hydroxyl groups excluding tert-OH is 1. The molecule has 3 N–H and O–H groups in total. The summed E-state index contributed by atoms with van der Waals surface area (Å²) in [5, 5.41) is 22.5. The van der Waals surface area contributed by atoms with E-state index in [9.17, 15) is 19.5 Å². The largest absolute Gasteiger partial charge is 0.480 e. The summed E-state index contributed by atoms with van der Waals surface area (Å²) in [4.78, 5) is 40.1. The summed E-state index contributed by atoms with van der Waals surface area (Å²) >= 11 is 1.05. The Morgan fingerprint density at radius 2 is 2.24 bits per heavy atom. The third-order valence-electron chi connectivity index (χ3n) is 2.43. The molecule has 0 bridgehead atoms. The summed E-state index contributed by atoms with van der Waals surface area (Å²) < 4.78 is 0. The average molecular weight is 312 g/mol. The predicted molar refractivity (Wildman–Crippen MR) is 70.6 cm³/mol. The molecular weight excluding hydrogens is 300 g/mol. The molecule has 0 aliphatic heterocycles. The fraction of sp³-hybridized carbons (Fsp3) is 0.364. The van der Waals surface area contributed by atoms with Crippen LogP contribution in [0, 0.1) is 0 Å². The lowest BCUT2D eigenvalue weighted by Crippen LogP contribution is -2.43. The van der Waals surface area contributed by atoms with E-state index in [1.165, 1.54) is 6.20 Å². The van der Waals surface area contributed by atoms with E-state index in [1.807, 2.05) is 0 Å². The van der Waals surface area contributed by atoms with E-state index in [0.717, 1.165) is 11.3 Å². The van der Waals surface area contributed by atoms with Crippen molar-refractivity contribution in [3.05, 3.63) is 22.1 Å². The molecule has 1 aromatic rings. The standard InChI is InChI=1S/C11H12N4O5S/c12-14-5-6(16)1-2-7(11(19)20)15-9(18)8(17)10-13-3-4-21-10/h3-5,7-8,17H,1-2H2,(H,15,18)(H,19,20). The molecule has 112 valence electrons. The van der Waals surface area contributed by atoms with Gasteiger partial charge in [-0.2, -0.15) is 4.79 Å². The summed E-state index contributed by atoms with van der Waals surface area (Å²) in [6.07, 6.45) is 0.0514. The zero-order chi connectivity index (χ0) is 15.8. The normalized spacial score (nSPS) is 12.8. The predicted octanol–water partition coefficient (Wildman–Crippen LogP) is -0.604. The minimum atomic E-state index is -1.57. The van der Waals surface area contributed by atoms with E-state index >= 15 is 0 Å². The Kier molecular flexibility index (Phi) is 6.34. The first-order valence-corrected chi connectivity index (χ1v) is 6.64. The summed E-state index contributed by atoms with van der Waals surface area (Å²) in [6.45, 7) is 0. The number of hydrogen-bond donors (Lipinski definition) is 3. The van der Waals surface area contributed by atoms with E-state index in [0.29, 0.717) is 6.21 Å². The van der Waals surface area contributed by atoms with Crippen LogP contribution in [0.4, 0.5) is 0 Å². The number of aliphatic carboxylic acids is 1. The van der Waals surface area contributed by atoms with Crippen LogP contribution in [0.25, 0.3) is 5.53 Å². The zero-order valence-electron chi connectivity index (χ0n) is 10.7. The molecule has 0 aromatic carbocycles. The van der Waals surface area contributed by atoms with Crippen molar-refractivity contribution in [1.82, 2.24) is 10.3 Å².